The van der Waals surface area contributed by atoms with Crippen LogP contribution in [0.2, 0.25) is 0 Å². The van der Waals surface area contributed by atoms with Crippen LogP contribution in [0.1, 0.15) is 28.9 Å². The Bertz CT molecular complexity index is 385. The molecule has 1 aromatic heterocycles. The van der Waals surface area contributed by atoms with E-state index in [1.807, 2.05) is 0 Å². The molecule has 0 aromatic carbocycles. The lowest BCUT2D eigenvalue weighted by atomic mass is 10.1. The number of halogens is 2. The quantitative estimate of drug-likeness (QED) is 0.786. The van der Waals surface area contributed by atoms with Gasteiger partial charge in [-0.25, -0.2) is 13.8 Å². The van der Waals surface area contributed by atoms with Crippen molar-refractivity contribution in [1.82, 2.24) is 4.98 Å². The van der Waals surface area contributed by atoms with E-state index < -0.39 is 12.1 Å². The molecule has 1 N–H and O–H groups in total. The Morgan fingerprint density at radius 1 is 1.64 bits per heavy atom. The summed E-state index contributed by atoms with van der Waals surface area (Å²) in [5, 5.41) is 17.4. The van der Waals surface area contributed by atoms with Gasteiger partial charge < -0.3 is 5.11 Å². The van der Waals surface area contributed by atoms with Crippen LogP contribution in [-0.2, 0) is 6.61 Å². The number of aliphatic hydroxyl groups excluding tert-OH is 1. The number of nitrogens with zero attached hydrogens (tertiary/aromatic N) is 2. The minimum Gasteiger partial charge on any atom is -0.392 e. The molecule has 0 atom stereocenters. The van der Waals surface area contributed by atoms with Crippen LogP contribution in [0.4, 0.5) is 8.78 Å². The van der Waals surface area contributed by atoms with Crippen molar-refractivity contribution in [2.45, 2.75) is 20.0 Å². The molecule has 0 saturated heterocycles. The third-order valence-electron chi connectivity index (χ3n) is 1.81. The van der Waals surface area contributed by atoms with Gasteiger partial charge in [0.15, 0.2) is 0 Å². The van der Waals surface area contributed by atoms with Crippen molar-refractivity contribution in [2.75, 3.05) is 0 Å². The number of aromatic nitrogens is 1. The maximum Gasteiger partial charge on any atom is 0.280 e. The van der Waals surface area contributed by atoms with Gasteiger partial charge in [0, 0.05) is 5.56 Å². The Morgan fingerprint density at radius 3 is 2.71 bits per heavy atom. The summed E-state index contributed by atoms with van der Waals surface area (Å²) >= 11 is 0. The van der Waals surface area contributed by atoms with E-state index in [1.165, 1.54) is 13.0 Å². The van der Waals surface area contributed by atoms with Gasteiger partial charge in [-0.1, -0.05) is 0 Å². The summed E-state index contributed by atoms with van der Waals surface area (Å²) in [5.41, 5.74) is 0.00426. The second kappa shape index (κ2) is 4.11. The zero-order valence-corrected chi connectivity index (χ0v) is 7.46. The van der Waals surface area contributed by atoms with E-state index in [1.54, 1.807) is 6.07 Å². The number of alkyl halides is 2. The molecule has 0 aliphatic carbocycles. The number of nitriles is 1. The minimum absolute atomic E-state index is 0.145. The maximum atomic E-state index is 12.3. The van der Waals surface area contributed by atoms with Crippen LogP contribution in [0.15, 0.2) is 6.07 Å². The van der Waals surface area contributed by atoms with Gasteiger partial charge >= 0.3 is 0 Å². The highest BCUT2D eigenvalue weighted by Crippen LogP contribution is 2.22. The van der Waals surface area contributed by atoms with Gasteiger partial charge in [0.05, 0.1) is 6.61 Å². The average molecular weight is 198 g/mol. The molecule has 1 aromatic rings. The molecular formula is C9H8F2N2O. The first kappa shape index (κ1) is 10.5. The van der Waals surface area contributed by atoms with Crippen LogP contribution in [0.5, 0.6) is 0 Å². The number of pyridine rings is 1. The molecular weight excluding hydrogens is 190 g/mol. The fraction of sp³-hybridized carbons (Fsp3) is 0.333. The highest BCUT2D eigenvalue weighted by Gasteiger charge is 2.15. The van der Waals surface area contributed by atoms with Gasteiger partial charge in [0.2, 0.25) is 0 Å². The summed E-state index contributed by atoms with van der Waals surface area (Å²) in [6.45, 7) is 1.09. The van der Waals surface area contributed by atoms with Crippen molar-refractivity contribution >= 4 is 0 Å². The third-order valence-corrected chi connectivity index (χ3v) is 1.81. The highest BCUT2D eigenvalue weighted by molar-refractivity contribution is 5.36. The van der Waals surface area contributed by atoms with Gasteiger partial charge in [0.25, 0.3) is 6.43 Å². The van der Waals surface area contributed by atoms with Crippen LogP contribution < -0.4 is 0 Å². The first-order chi connectivity index (χ1) is 6.60. The molecule has 74 valence electrons. The van der Waals surface area contributed by atoms with Gasteiger partial charge in [-0.15, -0.1) is 0 Å². The van der Waals surface area contributed by atoms with Crippen LogP contribution in [0.25, 0.3) is 0 Å². The van der Waals surface area contributed by atoms with Gasteiger partial charge in [0.1, 0.15) is 17.5 Å². The lowest BCUT2D eigenvalue weighted by Gasteiger charge is -2.06. The van der Waals surface area contributed by atoms with Gasteiger partial charge in [-0.05, 0) is 18.6 Å². The molecule has 0 aliphatic heterocycles. The van der Waals surface area contributed by atoms with E-state index in [2.05, 4.69) is 4.98 Å². The molecule has 0 aliphatic rings. The van der Waals surface area contributed by atoms with Crippen molar-refractivity contribution in [3.63, 3.8) is 0 Å². The fourth-order valence-corrected chi connectivity index (χ4v) is 1.12. The van der Waals surface area contributed by atoms with Crippen LogP contribution >= 0.6 is 0 Å². The van der Waals surface area contributed by atoms with Crippen molar-refractivity contribution in [2.24, 2.45) is 0 Å². The van der Waals surface area contributed by atoms with Crippen LogP contribution in [0, 0.1) is 18.3 Å². The number of hydrogen-bond donors (Lipinski definition) is 1. The Labute approximate surface area is 79.6 Å². The van der Waals surface area contributed by atoms with Crippen molar-refractivity contribution in [1.29, 1.82) is 5.26 Å². The average Bonchev–Trinajstić information content (AvgIpc) is 2.16. The molecule has 0 saturated carbocycles. The predicted octanol–water partition coefficient (Wildman–Crippen LogP) is 1.69. The smallest absolute Gasteiger partial charge is 0.280 e. The predicted molar refractivity (Wildman–Crippen MR) is 44.6 cm³/mol. The first-order valence-electron chi connectivity index (χ1n) is 3.89. The second-order valence-electron chi connectivity index (χ2n) is 2.77. The molecule has 0 amide bonds. The maximum absolute atomic E-state index is 12.3. The lowest BCUT2D eigenvalue weighted by molar-refractivity contribution is 0.145. The third kappa shape index (κ3) is 1.86. The molecule has 14 heavy (non-hydrogen) atoms. The minimum atomic E-state index is -2.70. The summed E-state index contributed by atoms with van der Waals surface area (Å²) in [7, 11) is 0. The molecule has 0 radical (unpaired) electrons. The largest absolute Gasteiger partial charge is 0.392 e. The molecule has 3 nitrogen and oxygen atoms in total. The van der Waals surface area contributed by atoms with E-state index in [9.17, 15) is 8.78 Å². The highest BCUT2D eigenvalue weighted by atomic mass is 19.3. The zero-order valence-electron chi connectivity index (χ0n) is 7.46. The van der Waals surface area contributed by atoms with Crippen molar-refractivity contribution < 1.29 is 13.9 Å². The van der Waals surface area contributed by atoms with E-state index in [0.29, 0.717) is 0 Å². The second-order valence-corrected chi connectivity index (χ2v) is 2.77. The Hall–Kier alpha value is -1.54. The summed E-state index contributed by atoms with van der Waals surface area (Å²) < 4.78 is 24.7. The number of aryl methyl sites for hydroxylation is 1. The number of aliphatic hydroxyl groups is 1. The SMILES string of the molecule is Cc1cc(CO)c(C#N)nc1C(F)F. The molecule has 0 spiro atoms. The molecule has 0 fully saturated rings. The number of hydrogen-bond acceptors (Lipinski definition) is 3. The van der Waals surface area contributed by atoms with E-state index >= 15 is 0 Å². The molecule has 1 rings (SSSR count). The summed E-state index contributed by atoms with van der Waals surface area (Å²) in [5.74, 6) is 0. The van der Waals surface area contributed by atoms with Crippen molar-refractivity contribution in [3.05, 3.63) is 28.6 Å². The monoisotopic (exact) mass is 198 g/mol. The van der Waals surface area contributed by atoms with Gasteiger partial charge in [-0.3, -0.25) is 0 Å². The molecule has 5 heteroatoms. The Balaban J connectivity index is 3.32. The van der Waals surface area contributed by atoms with E-state index in [0.717, 1.165) is 0 Å². The summed E-state index contributed by atoms with van der Waals surface area (Å²) in [6.07, 6.45) is -2.70. The molecule has 1 heterocycles. The van der Waals surface area contributed by atoms with E-state index in [-0.39, 0.29) is 23.4 Å². The summed E-state index contributed by atoms with van der Waals surface area (Å²) in [4.78, 5) is 3.49. The normalized spacial score (nSPS) is 10.3. The Kier molecular flexibility index (Phi) is 3.10. The number of rotatable bonds is 2. The van der Waals surface area contributed by atoms with Crippen LogP contribution in [-0.4, -0.2) is 10.1 Å². The molecule has 0 unspecified atom stereocenters. The fourth-order valence-electron chi connectivity index (χ4n) is 1.12. The standard InChI is InChI=1S/C9H8F2N2O/c1-5-2-6(4-14)7(3-12)13-8(5)9(10)11/h2,9,14H,4H2,1H3. The van der Waals surface area contributed by atoms with Crippen LogP contribution in [0.3, 0.4) is 0 Å². The molecule has 0 bridgehead atoms. The first-order valence-corrected chi connectivity index (χ1v) is 3.89. The topological polar surface area (TPSA) is 56.9 Å². The zero-order chi connectivity index (χ0) is 10.7. The lowest BCUT2D eigenvalue weighted by Crippen LogP contribution is -2.02. The van der Waals surface area contributed by atoms with E-state index in [4.69, 9.17) is 10.4 Å². The summed E-state index contributed by atoms with van der Waals surface area (Å²) in [6, 6.07) is 3.02. The van der Waals surface area contributed by atoms with Crippen molar-refractivity contribution in [3.8, 4) is 6.07 Å². The Morgan fingerprint density at radius 2 is 2.29 bits per heavy atom. The van der Waals surface area contributed by atoms with Gasteiger partial charge in [-0.2, -0.15) is 5.26 Å².